The minimum absolute atomic E-state index is 0.179. The van der Waals surface area contributed by atoms with Crippen LogP contribution in [0, 0.1) is 16.3 Å². The van der Waals surface area contributed by atoms with E-state index in [4.69, 9.17) is 17.1 Å². The Bertz CT molecular complexity index is 804. The molecule has 2 rings (SSSR count). The highest BCUT2D eigenvalue weighted by molar-refractivity contribution is 7.71. The highest BCUT2D eigenvalue weighted by Crippen LogP contribution is 2.17. The van der Waals surface area contributed by atoms with E-state index in [0.29, 0.717) is 12.1 Å². The van der Waals surface area contributed by atoms with Gasteiger partial charge in [0.2, 0.25) is 0 Å². The molecule has 0 bridgehead atoms. The van der Waals surface area contributed by atoms with Crippen molar-refractivity contribution in [3.05, 3.63) is 63.9 Å². The Kier molecular flexibility index (Phi) is 4.62. The minimum Gasteiger partial charge on any atom is -0.465 e. The second kappa shape index (κ2) is 6.44. The maximum absolute atomic E-state index is 13.3. The molecule has 0 radical (unpaired) electrons. The molecular formula is C14H9F2NO4S. The van der Waals surface area contributed by atoms with Crippen LogP contribution >= 0.6 is 12.2 Å². The molecule has 1 heterocycles. The molecule has 8 heteroatoms. The van der Waals surface area contributed by atoms with Crippen LogP contribution in [0.5, 0.6) is 0 Å². The van der Waals surface area contributed by atoms with Crippen LogP contribution in [-0.4, -0.2) is 23.8 Å². The highest BCUT2D eigenvalue weighted by Gasteiger charge is 2.23. The van der Waals surface area contributed by atoms with Crippen molar-refractivity contribution in [2.24, 2.45) is 0 Å². The van der Waals surface area contributed by atoms with Gasteiger partial charge in [-0.1, -0.05) is 18.3 Å². The maximum atomic E-state index is 13.3. The van der Waals surface area contributed by atoms with Crippen molar-refractivity contribution in [1.29, 1.82) is 0 Å². The molecule has 2 aromatic rings. The van der Waals surface area contributed by atoms with Gasteiger partial charge in [0.1, 0.15) is 4.64 Å². The van der Waals surface area contributed by atoms with Gasteiger partial charge >= 0.3 is 11.9 Å². The Morgan fingerprint density at radius 3 is 2.23 bits per heavy atom. The van der Waals surface area contributed by atoms with Gasteiger partial charge in [0.05, 0.1) is 18.2 Å². The van der Waals surface area contributed by atoms with Crippen LogP contribution in [0.3, 0.4) is 0 Å². The molecule has 0 unspecified atom stereocenters. The second-order valence-electron chi connectivity index (χ2n) is 4.05. The zero-order valence-corrected chi connectivity index (χ0v) is 12.0. The third-order valence-corrected chi connectivity index (χ3v) is 2.97. The van der Waals surface area contributed by atoms with E-state index in [2.05, 4.69) is 4.74 Å². The van der Waals surface area contributed by atoms with E-state index in [-0.39, 0.29) is 4.64 Å². The number of halogens is 2. The van der Waals surface area contributed by atoms with Gasteiger partial charge in [-0.3, -0.25) is 0 Å². The number of pyridine rings is 1. The summed E-state index contributed by atoms with van der Waals surface area (Å²) < 4.78 is 32.2. The number of rotatable bonds is 3. The summed E-state index contributed by atoms with van der Waals surface area (Å²) in [5.74, 6) is -4.66. The second-order valence-corrected chi connectivity index (χ2v) is 4.47. The summed E-state index contributed by atoms with van der Waals surface area (Å²) in [7, 11) is 1.05. The van der Waals surface area contributed by atoms with Crippen LogP contribution in [0.4, 0.5) is 8.78 Å². The van der Waals surface area contributed by atoms with Crippen LogP contribution in [0.15, 0.2) is 36.5 Å². The van der Waals surface area contributed by atoms with E-state index in [1.807, 2.05) is 0 Å². The Morgan fingerprint density at radius 2 is 1.68 bits per heavy atom. The number of ether oxygens (including phenoxy) is 1. The third-order valence-electron chi connectivity index (χ3n) is 2.66. The van der Waals surface area contributed by atoms with Gasteiger partial charge in [0.15, 0.2) is 11.6 Å². The minimum atomic E-state index is -1.30. The summed E-state index contributed by atoms with van der Waals surface area (Å²) in [4.78, 5) is 28.6. The molecular weight excluding hydrogens is 316 g/mol. The van der Waals surface area contributed by atoms with Crippen LogP contribution in [0.25, 0.3) is 0 Å². The van der Waals surface area contributed by atoms with Crippen LogP contribution in [0.2, 0.25) is 0 Å². The average molecular weight is 325 g/mol. The Balaban J connectivity index is 2.45. The fourth-order valence-corrected chi connectivity index (χ4v) is 1.80. The van der Waals surface area contributed by atoms with Crippen LogP contribution in [0.1, 0.15) is 20.7 Å². The molecule has 5 nitrogen and oxygen atoms in total. The molecule has 0 atom stereocenters. The molecule has 1 aromatic heterocycles. The van der Waals surface area contributed by atoms with Crippen molar-refractivity contribution in [3.63, 3.8) is 0 Å². The van der Waals surface area contributed by atoms with Crippen molar-refractivity contribution in [2.45, 2.75) is 0 Å². The molecule has 0 saturated carbocycles. The summed E-state index contributed by atoms with van der Waals surface area (Å²) >= 11 is 4.93. The first-order valence-corrected chi connectivity index (χ1v) is 6.32. The normalized spacial score (nSPS) is 10.1. The standard InChI is InChI=1S/C14H9F2NO4S/c1-20-13(18)8-6-10(15)11(16)7-9(8)14(19)21-17-5-3-2-4-12(17)22/h2-7H,1H3. The first kappa shape index (κ1) is 15.8. The highest BCUT2D eigenvalue weighted by atomic mass is 32.1. The third kappa shape index (κ3) is 3.17. The van der Waals surface area contributed by atoms with Gasteiger partial charge in [0.25, 0.3) is 0 Å². The van der Waals surface area contributed by atoms with E-state index in [1.54, 1.807) is 12.1 Å². The summed E-state index contributed by atoms with van der Waals surface area (Å²) in [6, 6.07) is 5.81. The SMILES string of the molecule is COC(=O)c1cc(F)c(F)cc1C(=O)On1ccccc1=S. The molecule has 0 N–H and O–H groups in total. The van der Waals surface area contributed by atoms with Gasteiger partial charge in [-0.15, -0.1) is 0 Å². The fourth-order valence-electron chi connectivity index (χ4n) is 1.62. The van der Waals surface area contributed by atoms with Gasteiger partial charge < -0.3 is 9.57 Å². The zero-order valence-electron chi connectivity index (χ0n) is 11.2. The lowest BCUT2D eigenvalue weighted by molar-refractivity contribution is 0.0438. The van der Waals surface area contributed by atoms with Crippen LogP contribution < -0.4 is 4.84 Å². The topological polar surface area (TPSA) is 57.5 Å². The summed E-state index contributed by atoms with van der Waals surface area (Å²) in [5, 5.41) is 0. The Morgan fingerprint density at radius 1 is 1.09 bits per heavy atom. The molecule has 22 heavy (non-hydrogen) atoms. The molecule has 0 aliphatic heterocycles. The molecule has 0 aliphatic carbocycles. The summed E-state index contributed by atoms with van der Waals surface area (Å²) in [5.41, 5.74) is -0.926. The molecule has 1 aromatic carbocycles. The van der Waals surface area contributed by atoms with E-state index < -0.39 is 34.7 Å². The van der Waals surface area contributed by atoms with Crippen molar-refractivity contribution < 1.29 is 27.9 Å². The molecule has 114 valence electrons. The van der Waals surface area contributed by atoms with E-state index in [1.165, 1.54) is 12.3 Å². The smallest absolute Gasteiger partial charge is 0.364 e. The number of carbonyl (C=O) groups excluding carboxylic acids is 2. The van der Waals surface area contributed by atoms with Crippen molar-refractivity contribution in [1.82, 2.24) is 4.73 Å². The predicted octanol–water partition coefficient (Wildman–Crippen LogP) is 2.55. The van der Waals surface area contributed by atoms with Crippen molar-refractivity contribution >= 4 is 24.2 Å². The number of benzene rings is 1. The van der Waals surface area contributed by atoms with Gasteiger partial charge in [-0.2, -0.15) is 4.73 Å². The number of methoxy groups -OCH3 is 1. The maximum Gasteiger partial charge on any atom is 0.364 e. The monoisotopic (exact) mass is 325 g/mol. The first-order valence-electron chi connectivity index (χ1n) is 5.91. The fraction of sp³-hybridized carbons (Fsp3) is 0.0714. The van der Waals surface area contributed by atoms with Crippen LogP contribution in [-0.2, 0) is 4.74 Å². The molecule has 0 amide bonds. The van der Waals surface area contributed by atoms with Gasteiger partial charge in [-0.05, 0) is 24.3 Å². The lowest BCUT2D eigenvalue weighted by Crippen LogP contribution is -2.23. The number of carbonyl (C=O) groups is 2. The Hall–Kier alpha value is -2.61. The molecule has 0 saturated heterocycles. The van der Waals surface area contributed by atoms with Gasteiger partial charge in [-0.25, -0.2) is 18.4 Å². The molecule has 0 spiro atoms. The van der Waals surface area contributed by atoms with Gasteiger partial charge in [0, 0.05) is 6.20 Å². The quantitative estimate of drug-likeness (QED) is 0.641. The molecule has 0 aliphatic rings. The van der Waals surface area contributed by atoms with Crippen molar-refractivity contribution in [3.8, 4) is 0 Å². The number of hydrogen-bond donors (Lipinski definition) is 0. The lowest BCUT2D eigenvalue weighted by atomic mass is 10.1. The predicted molar refractivity (Wildman–Crippen MR) is 73.9 cm³/mol. The average Bonchev–Trinajstić information content (AvgIpc) is 2.51. The summed E-state index contributed by atoms with van der Waals surface area (Å²) in [6.45, 7) is 0. The number of nitrogens with zero attached hydrogens (tertiary/aromatic N) is 1. The molecule has 0 fully saturated rings. The van der Waals surface area contributed by atoms with Crippen molar-refractivity contribution in [2.75, 3.05) is 7.11 Å². The van der Waals surface area contributed by atoms with E-state index in [9.17, 15) is 18.4 Å². The Labute approximate surface area is 128 Å². The number of hydrogen-bond acceptors (Lipinski definition) is 5. The number of aromatic nitrogens is 1. The first-order chi connectivity index (χ1) is 10.4. The summed E-state index contributed by atoms with van der Waals surface area (Å²) in [6.07, 6.45) is 1.36. The largest absolute Gasteiger partial charge is 0.465 e. The number of esters is 1. The lowest BCUT2D eigenvalue weighted by Gasteiger charge is -2.10. The van der Waals surface area contributed by atoms with E-state index >= 15 is 0 Å². The van der Waals surface area contributed by atoms with E-state index in [0.717, 1.165) is 11.8 Å². The zero-order chi connectivity index (χ0) is 16.3.